The van der Waals surface area contributed by atoms with Crippen LogP contribution in [0.4, 0.5) is 4.79 Å². The van der Waals surface area contributed by atoms with Gasteiger partial charge in [-0.25, -0.2) is 4.79 Å². The number of carbonyl (C=O) groups excluding carboxylic acids is 1. The molecule has 0 aromatic rings. The van der Waals surface area contributed by atoms with Gasteiger partial charge in [0.05, 0.1) is 0 Å². The summed E-state index contributed by atoms with van der Waals surface area (Å²) < 4.78 is 5.23. The second-order valence-electron chi connectivity index (χ2n) is 6.34. The molecular weight excluding hydrogens is 190 g/mol. The van der Waals surface area contributed by atoms with Crippen molar-refractivity contribution in [3.05, 3.63) is 0 Å². The molecule has 1 N–H and O–H groups in total. The molecule has 0 spiro atoms. The lowest BCUT2D eigenvalue weighted by atomic mass is 10.1. The number of nitrogens with one attached hydrogen (secondary N) is 1. The van der Waals surface area contributed by atoms with Gasteiger partial charge in [-0.3, -0.25) is 0 Å². The third kappa shape index (κ3) is 2.44. The number of fused-ring (bicyclic) bond motifs is 1. The first-order chi connectivity index (χ1) is 6.78. The van der Waals surface area contributed by atoms with E-state index in [2.05, 4.69) is 12.2 Å². The minimum absolute atomic E-state index is 0.266. The van der Waals surface area contributed by atoms with E-state index in [1.807, 2.05) is 20.8 Å². The number of amides is 1. The molecule has 3 atom stereocenters. The van der Waals surface area contributed by atoms with Crippen molar-refractivity contribution in [2.75, 3.05) is 0 Å². The van der Waals surface area contributed by atoms with Crippen LogP contribution in [-0.2, 0) is 4.74 Å². The lowest BCUT2D eigenvalue weighted by Crippen LogP contribution is -2.38. The lowest BCUT2D eigenvalue weighted by molar-refractivity contribution is 0.0501. The summed E-state index contributed by atoms with van der Waals surface area (Å²) in [6.45, 7) is 7.98. The zero-order valence-electron chi connectivity index (χ0n) is 10.1. The minimum atomic E-state index is -0.393. The molecule has 2 aliphatic carbocycles. The van der Waals surface area contributed by atoms with E-state index in [0.717, 1.165) is 18.8 Å². The second-order valence-corrected chi connectivity index (χ2v) is 6.34. The molecule has 0 aliphatic heterocycles. The summed E-state index contributed by atoms with van der Waals surface area (Å²) in [4.78, 5) is 11.5. The average molecular weight is 211 g/mol. The Bertz CT molecular complexity index is 282. The zero-order chi connectivity index (χ0) is 11.3. The largest absolute Gasteiger partial charge is 0.444 e. The van der Waals surface area contributed by atoms with Gasteiger partial charge in [0.2, 0.25) is 0 Å². The van der Waals surface area contributed by atoms with E-state index in [9.17, 15) is 4.79 Å². The van der Waals surface area contributed by atoms with Gasteiger partial charge in [0.15, 0.2) is 0 Å². The van der Waals surface area contributed by atoms with Crippen LogP contribution < -0.4 is 5.32 Å². The molecule has 0 radical (unpaired) electrons. The summed E-state index contributed by atoms with van der Waals surface area (Å²) in [5.74, 6) is 0.845. The van der Waals surface area contributed by atoms with Crippen LogP contribution in [0, 0.1) is 11.3 Å². The van der Waals surface area contributed by atoms with Gasteiger partial charge < -0.3 is 10.1 Å². The standard InChI is InChI=1S/C12H21NO2/c1-11(2,3)15-10(14)13-9-5-8-6-12(8,4)7-9/h8-9H,5-7H2,1-4H3,(H,13,14)/t8-,9-,12-/m1/s1. The van der Waals surface area contributed by atoms with Crippen molar-refractivity contribution >= 4 is 6.09 Å². The van der Waals surface area contributed by atoms with Gasteiger partial charge in [0.25, 0.3) is 0 Å². The number of ether oxygens (including phenoxy) is 1. The predicted molar refractivity (Wildman–Crippen MR) is 58.6 cm³/mol. The van der Waals surface area contributed by atoms with Crippen LogP contribution in [-0.4, -0.2) is 17.7 Å². The fraction of sp³-hybridized carbons (Fsp3) is 0.917. The van der Waals surface area contributed by atoms with E-state index in [1.54, 1.807) is 0 Å². The van der Waals surface area contributed by atoms with E-state index in [1.165, 1.54) is 6.42 Å². The maximum atomic E-state index is 11.5. The highest BCUT2D eigenvalue weighted by molar-refractivity contribution is 5.68. The fourth-order valence-corrected chi connectivity index (χ4v) is 2.70. The Labute approximate surface area is 91.6 Å². The maximum Gasteiger partial charge on any atom is 0.407 e. The van der Waals surface area contributed by atoms with Gasteiger partial charge in [0.1, 0.15) is 5.60 Å². The molecule has 86 valence electrons. The predicted octanol–water partition coefficient (Wildman–Crippen LogP) is 2.70. The van der Waals surface area contributed by atoms with Crippen LogP contribution in [0.15, 0.2) is 0 Å². The number of carbonyl (C=O) groups is 1. The third-order valence-corrected chi connectivity index (χ3v) is 3.54. The summed E-state index contributed by atoms with van der Waals surface area (Å²) in [5, 5.41) is 2.96. The summed E-state index contributed by atoms with van der Waals surface area (Å²) in [6.07, 6.45) is 3.34. The Kier molecular flexibility index (Phi) is 2.25. The van der Waals surface area contributed by atoms with Crippen molar-refractivity contribution in [1.82, 2.24) is 5.32 Å². The Morgan fingerprint density at radius 3 is 2.53 bits per heavy atom. The van der Waals surface area contributed by atoms with E-state index < -0.39 is 5.60 Å². The molecule has 0 bridgehead atoms. The Balaban J connectivity index is 1.77. The number of rotatable bonds is 1. The van der Waals surface area contributed by atoms with E-state index in [4.69, 9.17) is 4.74 Å². The summed E-state index contributed by atoms with van der Waals surface area (Å²) in [7, 11) is 0. The summed E-state index contributed by atoms with van der Waals surface area (Å²) in [6, 6.07) is 0.337. The number of hydrogen-bond acceptors (Lipinski definition) is 2. The Morgan fingerprint density at radius 2 is 2.07 bits per heavy atom. The number of alkyl carbamates (subject to hydrolysis) is 1. The molecule has 0 saturated heterocycles. The SMILES string of the molecule is CC(C)(C)OC(=O)N[C@@H]1C[C@@H]2C[C@]2(C)C1. The van der Waals surface area contributed by atoms with Crippen molar-refractivity contribution < 1.29 is 9.53 Å². The first-order valence-electron chi connectivity index (χ1n) is 5.78. The van der Waals surface area contributed by atoms with Gasteiger partial charge in [-0.05, 0) is 51.4 Å². The maximum absolute atomic E-state index is 11.5. The van der Waals surface area contributed by atoms with Crippen molar-refractivity contribution in [3.63, 3.8) is 0 Å². The first-order valence-corrected chi connectivity index (χ1v) is 5.78. The van der Waals surface area contributed by atoms with E-state index in [0.29, 0.717) is 11.5 Å². The third-order valence-electron chi connectivity index (χ3n) is 3.54. The lowest BCUT2D eigenvalue weighted by Gasteiger charge is -2.22. The minimum Gasteiger partial charge on any atom is -0.444 e. The molecule has 2 fully saturated rings. The van der Waals surface area contributed by atoms with E-state index >= 15 is 0 Å². The molecule has 2 saturated carbocycles. The van der Waals surface area contributed by atoms with Crippen LogP contribution in [0.25, 0.3) is 0 Å². The van der Waals surface area contributed by atoms with Gasteiger partial charge >= 0.3 is 6.09 Å². The van der Waals surface area contributed by atoms with Gasteiger partial charge in [-0.2, -0.15) is 0 Å². The number of hydrogen-bond donors (Lipinski definition) is 1. The highest BCUT2D eigenvalue weighted by atomic mass is 16.6. The van der Waals surface area contributed by atoms with Crippen molar-refractivity contribution in [2.24, 2.45) is 11.3 Å². The summed E-state index contributed by atoms with van der Waals surface area (Å²) >= 11 is 0. The quantitative estimate of drug-likeness (QED) is 0.724. The van der Waals surface area contributed by atoms with Crippen molar-refractivity contribution in [3.8, 4) is 0 Å². The van der Waals surface area contributed by atoms with Crippen molar-refractivity contribution in [2.45, 2.75) is 58.6 Å². The van der Waals surface area contributed by atoms with Crippen LogP contribution in [0.2, 0.25) is 0 Å². The smallest absolute Gasteiger partial charge is 0.407 e. The molecule has 0 heterocycles. The Hall–Kier alpha value is -0.730. The van der Waals surface area contributed by atoms with Crippen LogP contribution in [0.3, 0.4) is 0 Å². The molecule has 0 aromatic heterocycles. The van der Waals surface area contributed by atoms with Gasteiger partial charge in [0, 0.05) is 6.04 Å². The molecule has 2 aliphatic rings. The molecule has 1 amide bonds. The molecule has 0 unspecified atom stereocenters. The fourth-order valence-electron chi connectivity index (χ4n) is 2.70. The topological polar surface area (TPSA) is 38.3 Å². The second kappa shape index (κ2) is 3.13. The monoisotopic (exact) mass is 211 g/mol. The van der Waals surface area contributed by atoms with Crippen LogP contribution >= 0.6 is 0 Å². The molecule has 2 rings (SSSR count). The molecular formula is C12H21NO2. The van der Waals surface area contributed by atoms with Gasteiger partial charge in [-0.15, -0.1) is 0 Å². The van der Waals surface area contributed by atoms with Crippen LogP contribution in [0.1, 0.15) is 47.0 Å². The Morgan fingerprint density at radius 1 is 1.40 bits per heavy atom. The zero-order valence-corrected chi connectivity index (χ0v) is 10.1. The highest BCUT2D eigenvalue weighted by Gasteiger charge is 2.56. The van der Waals surface area contributed by atoms with Crippen LogP contribution in [0.5, 0.6) is 0 Å². The average Bonchev–Trinajstić information content (AvgIpc) is 2.46. The molecule has 15 heavy (non-hydrogen) atoms. The van der Waals surface area contributed by atoms with Gasteiger partial charge in [-0.1, -0.05) is 6.92 Å². The first kappa shape index (κ1) is 10.8. The highest BCUT2D eigenvalue weighted by Crippen LogP contribution is 2.63. The molecule has 0 aromatic carbocycles. The summed E-state index contributed by atoms with van der Waals surface area (Å²) in [5.41, 5.74) is 0.134. The normalized spacial score (nSPS) is 38.4. The van der Waals surface area contributed by atoms with E-state index in [-0.39, 0.29) is 6.09 Å². The molecule has 3 heteroatoms. The molecule has 3 nitrogen and oxygen atoms in total. The van der Waals surface area contributed by atoms with Crippen molar-refractivity contribution in [1.29, 1.82) is 0 Å².